The van der Waals surface area contributed by atoms with Crippen molar-refractivity contribution in [1.82, 2.24) is 15.1 Å². The minimum atomic E-state index is -1.47. The van der Waals surface area contributed by atoms with Crippen molar-refractivity contribution in [2.45, 2.75) is 50.3 Å². The summed E-state index contributed by atoms with van der Waals surface area (Å²) >= 11 is 0. The van der Waals surface area contributed by atoms with Gasteiger partial charge in [0.15, 0.2) is 0 Å². The Bertz CT molecular complexity index is 1250. The summed E-state index contributed by atoms with van der Waals surface area (Å²) in [6, 6.07) is 10.4. The second kappa shape index (κ2) is 8.92. The van der Waals surface area contributed by atoms with Crippen LogP contribution in [0.4, 0.5) is 19.7 Å². The van der Waals surface area contributed by atoms with E-state index in [2.05, 4.69) is 10.6 Å². The van der Waals surface area contributed by atoms with Gasteiger partial charge in [-0.25, -0.2) is 18.9 Å². The van der Waals surface area contributed by atoms with Crippen LogP contribution in [0.2, 0.25) is 0 Å². The van der Waals surface area contributed by atoms with Crippen LogP contribution in [0, 0.1) is 5.82 Å². The van der Waals surface area contributed by atoms with Crippen molar-refractivity contribution in [3.05, 3.63) is 65.0 Å². The second-order valence-corrected chi connectivity index (χ2v) is 9.46. The lowest BCUT2D eigenvalue weighted by Crippen LogP contribution is -2.46. The molecule has 3 aliphatic rings. The van der Waals surface area contributed by atoms with E-state index < -0.39 is 24.1 Å². The minimum Gasteiger partial charge on any atom is -0.427 e. The Morgan fingerprint density at radius 1 is 1.14 bits per heavy atom. The van der Waals surface area contributed by atoms with Crippen LogP contribution >= 0.6 is 0 Å². The Labute approximate surface area is 207 Å². The van der Waals surface area contributed by atoms with Crippen LogP contribution in [0.25, 0.3) is 0 Å². The molecule has 3 atom stereocenters. The van der Waals surface area contributed by atoms with Crippen LogP contribution in [-0.2, 0) is 26.3 Å². The Morgan fingerprint density at radius 2 is 1.89 bits per heavy atom. The highest BCUT2D eigenvalue weighted by Crippen LogP contribution is 2.46. The van der Waals surface area contributed by atoms with Gasteiger partial charge in [-0.2, -0.15) is 0 Å². The topological polar surface area (TPSA) is 108 Å². The normalized spacial score (nSPS) is 24.8. The first-order valence-electron chi connectivity index (χ1n) is 12.0. The fraction of sp³-hybridized carbons (Fsp3) is 0.385. The van der Waals surface area contributed by atoms with E-state index in [9.17, 15) is 23.6 Å². The molecule has 2 N–H and O–H groups in total. The summed E-state index contributed by atoms with van der Waals surface area (Å²) in [4.78, 5) is 53.9. The van der Waals surface area contributed by atoms with Gasteiger partial charge in [0.1, 0.15) is 12.4 Å². The van der Waals surface area contributed by atoms with E-state index >= 15 is 0 Å². The van der Waals surface area contributed by atoms with Crippen LogP contribution in [0.5, 0.6) is 0 Å². The fourth-order valence-corrected chi connectivity index (χ4v) is 5.56. The number of imide groups is 1. The monoisotopic (exact) mass is 494 g/mol. The van der Waals surface area contributed by atoms with Gasteiger partial charge < -0.3 is 20.3 Å². The van der Waals surface area contributed by atoms with Gasteiger partial charge in [-0.15, -0.1) is 0 Å². The number of aryl methyl sites for hydroxylation is 1. The van der Waals surface area contributed by atoms with Crippen LogP contribution in [-0.4, -0.2) is 53.4 Å². The van der Waals surface area contributed by atoms with E-state index in [1.54, 1.807) is 35.2 Å². The summed E-state index contributed by atoms with van der Waals surface area (Å²) < 4.78 is 19.1. The zero-order valence-corrected chi connectivity index (χ0v) is 20.0. The van der Waals surface area contributed by atoms with Crippen LogP contribution in [0.1, 0.15) is 48.9 Å². The van der Waals surface area contributed by atoms with Crippen molar-refractivity contribution in [1.29, 1.82) is 0 Å². The zero-order valence-electron chi connectivity index (χ0n) is 20.0. The average molecular weight is 495 g/mol. The minimum absolute atomic E-state index is 0.0892. The van der Waals surface area contributed by atoms with Crippen molar-refractivity contribution < 1.29 is 28.3 Å². The maximum Gasteiger partial charge on any atom is 0.418 e. The van der Waals surface area contributed by atoms with Gasteiger partial charge in [0.25, 0.3) is 5.91 Å². The van der Waals surface area contributed by atoms with Crippen LogP contribution in [0.3, 0.4) is 0 Å². The molecule has 1 spiro atoms. The van der Waals surface area contributed by atoms with Gasteiger partial charge in [0.05, 0.1) is 6.04 Å². The number of halogens is 1. The lowest BCUT2D eigenvalue weighted by molar-refractivity contribution is -0.143. The first-order chi connectivity index (χ1) is 17.2. The smallest absolute Gasteiger partial charge is 0.418 e. The number of nitrogens with one attached hydrogen (secondary N) is 2. The molecular formula is C26H27FN4O5. The third kappa shape index (κ3) is 3.86. The SMILES string of the molecule is CNC(=O)Nc1ccc2c(c1)CC[C@@]21OC(=O)N(CC(=O)N2C(c3ccc(F)cc3)CC[C@H]2C)C1=O. The zero-order chi connectivity index (χ0) is 25.6. The van der Waals surface area contributed by atoms with E-state index in [1.807, 2.05) is 6.92 Å². The quantitative estimate of drug-likeness (QED) is 0.677. The molecule has 2 saturated heterocycles. The molecule has 0 radical (unpaired) electrons. The predicted molar refractivity (Wildman–Crippen MR) is 127 cm³/mol. The molecule has 5 rings (SSSR count). The van der Waals surface area contributed by atoms with Crippen molar-refractivity contribution in [3.8, 4) is 0 Å². The Kier molecular flexibility index (Phi) is 5.89. The highest BCUT2D eigenvalue weighted by molar-refractivity contribution is 6.06. The van der Waals surface area contributed by atoms with E-state index in [4.69, 9.17) is 4.74 Å². The number of hydrogen-bond donors (Lipinski definition) is 2. The first-order valence-corrected chi connectivity index (χ1v) is 12.0. The number of likely N-dealkylation sites (tertiary alicyclic amines) is 1. The summed E-state index contributed by atoms with van der Waals surface area (Å²) in [5.74, 6) is -1.27. The summed E-state index contributed by atoms with van der Waals surface area (Å²) in [5, 5.41) is 5.16. The number of nitrogens with zero attached hydrogens (tertiary/aromatic N) is 2. The number of hydrogen-bond acceptors (Lipinski definition) is 5. The summed E-state index contributed by atoms with van der Waals surface area (Å²) in [6.07, 6.45) is 1.37. The van der Waals surface area contributed by atoms with Gasteiger partial charge in [-0.05, 0) is 61.6 Å². The van der Waals surface area contributed by atoms with E-state index in [1.165, 1.54) is 19.2 Å². The maximum atomic E-state index is 13.5. The molecule has 2 aromatic carbocycles. The molecule has 2 fully saturated rings. The lowest BCUT2D eigenvalue weighted by Gasteiger charge is -2.30. The number of anilines is 1. The van der Waals surface area contributed by atoms with Crippen LogP contribution in [0.15, 0.2) is 42.5 Å². The number of carbonyl (C=O) groups excluding carboxylic acids is 4. The maximum absolute atomic E-state index is 13.5. The molecule has 0 saturated carbocycles. The van der Waals surface area contributed by atoms with Gasteiger partial charge in [0.2, 0.25) is 11.5 Å². The summed E-state index contributed by atoms with van der Waals surface area (Å²) in [5.41, 5.74) is 1.26. The number of carbonyl (C=O) groups is 4. The molecule has 2 aromatic rings. The molecule has 36 heavy (non-hydrogen) atoms. The predicted octanol–water partition coefficient (Wildman–Crippen LogP) is 3.45. The van der Waals surface area contributed by atoms with Gasteiger partial charge in [-0.3, -0.25) is 9.59 Å². The molecule has 0 bridgehead atoms. The number of urea groups is 1. The second-order valence-electron chi connectivity index (χ2n) is 9.46. The molecule has 10 heteroatoms. The molecule has 5 amide bonds. The van der Waals surface area contributed by atoms with E-state index in [0.717, 1.165) is 22.4 Å². The standard InChI is InChI=1S/C26H27FN4O5/c1-15-3-10-21(16-4-6-18(27)7-5-16)31(15)22(32)14-30-23(33)26(36-25(30)35)12-11-17-13-19(8-9-20(17)26)29-24(34)28-2/h4-9,13,15,21H,3,10-12,14H2,1-2H3,(H2,28,29,34)/t15-,21?,26-/m1/s1. The average Bonchev–Trinajstić information content (AvgIpc) is 3.49. The molecule has 188 valence electrons. The highest BCUT2D eigenvalue weighted by Gasteiger charge is 2.58. The van der Waals surface area contributed by atoms with E-state index in [-0.39, 0.29) is 36.3 Å². The summed E-state index contributed by atoms with van der Waals surface area (Å²) in [7, 11) is 1.51. The number of rotatable bonds is 4. The Balaban J connectivity index is 1.35. The molecule has 2 heterocycles. The Hall–Kier alpha value is -3.95. The first kappa shape index (κ1) is 23.8. The number of amides is 5. The van der Waals surface area contributed by atoms with Crippen molar-refractivity contribution in [2.24, 2.45) is 0 Å². The molecule has 1 unspecified atom stereocenters. The number of benzene rings is 2. The third-order valence-corrected chi connectivity index (χ3v) is 7.35. The third-order valence-electron chi connectivity index (χ3n) is 7.35. The van der Waals surface area contributed by atoms with Gasteiger partial charge in [-0.1, -0.05) is 18.2 Å². The number of ether oxygens (including phenoxy) is 1. The molecule has 0 aromatic heterocycles. The lowest BCUT2D eigenvalue weighted by atomic mass is 9.94. The fourth-order valence-electron chi connectivity index (χ4n) is 5.56. The molecule has 9 nitrogen and oxygen atoms in total. The van der Waals surface area contributed by atoms with E-state index in [0.29, 0.717) is 24.1 Å². The van der Waals surface area contributed by atoms with Crippen molar-refractivity contribution in [3.63, 3.8) is 0 Å². The summed E-state index contributed by atoms with van der Waals surface area (Å²) in [6.45, 7) is 1.50. The van der Waals surface area contributed by atoms with Gasteiger partial charge in [0, 0.05) is 30.8 Å². The van der Waals surface area contributed by atoms with Gasteiger partial charge >= 0.3 is 12.1 Å². The number of fused-ring (bicyclic) bond motifs is 2. The van der Waals surface area contributed by atoms with Crippen molar-refractivity contribution >= 4 is 29.6 Å². The Morgan fingerprint density at radius 3 is 2.61 bits per heavy atom. The molecule has 1 aliphatic carbocycles. The molecule has 2 aliphatic heterocycles. The highest BCUT2D eigenvalue weighted by atomic mass is 19.1. The molecular weight excluding hydrogens is 467 g/mol. The van der Waals surface area contributed by atoms with Crippen LogP contribution < -0.4 is 10.6 Å². The van der Waals surface area contributed by atoms with Crippen molar-refractivity contribution in [2.75, 3.05) is 18.9 Å². The largest absolute Gasteiger partial charge is 0.427 e.